The smallest absolute Gasteiger partial charge is 0.331 e. The molecule has 0 unspecified atom stereocenters. The number of carbonyl (C=O) groups excluding carboxylic acids is 2. The fourth-order valence-electron chi connectivity index (χ4n) is 2.30. The normalized spacial score (nSPS) is 11.7. The number of halogens is 1. The topological polar surface area (TPSA) is 73.9 Å². The number of rotatable bonds is 8. The molecule has 0 saturated carbocycles. The predicted molar refractivity (Wildman–Crippen MR) is 104 cm³/mol. The molecule has 148 valence electrons. The van der Waals surface area contributed by atoms with Crippen molar-refractivity contribution >= 4 is 23.6 Å². The molecule has 0 fully saturated rings. The summed E-state index contributed by atoms with van der Waals surface area (Å²) in [7, 11) is 1.37. The van der Waals surface area contributed by atoms with Crippen molar-refractivity contribution in [2.45, 2.75) is 20.0 Å². The van der Waals surface area contributed by atoms with E-state index in [9.17, 15) is 14.0 Å². The van der Waals surface area contributed by atoms with Crippen molar-refractivity contribution in [3.63, 3.8) is 0 Å². The van der Waals surface area contributed by atoms with E-state index in [-0.39, 0.29) is 5.75 Å². The lowest BCUT2D eigenvalue weighted by Gasteiger charge is -2.15. The van der Waals surface area contributed by atoms with Crippen LogP contribution in [0.25, 0.3) is 6.08 Å². The van der Waals surface area contributed by atoms with Gasteiger partial charge in [-0.2, -0.15) is 0 Å². The minimum absolute atomic E-state index is 0.109. The minimum Gasteiger partial charge on any atom is -0.494 e. The maximum atomic E-state index is 13.6. The minimum atomic E-state index is -1.03. The molecule has 2 aromatic rings. The van der Waals surface area contributed by atoms with Crippen LogP contribution < -0.4 is 14.8 Å². The summed E-state index contributed by atoms with van der Waals surface area (Å²) in [6.45, 7) is 3.75. The van der Waals surface area contributed by atoms with Gasteiger partial charge in [0.2, 0.25) is 0 Å². The van der Waals surface area contributed by atoms with Gasteiger partial charge in [0.25, 0.3) is 5.91 Å². The molecular formula is C21H22FNO5. The van der Waals surface area contributed by atoms with Crippen LogP contribution in [0.15, 0.2) is 48.5 Å². The molecule has 1 atom stereocenters. The second kappa shape index (κ2) is 10.1. The molecule has 0 aliphatic carbocycles. The van der Waals surface area contributed by atoms with Crippen LogP contribution in [0.5, 0.6) is 11.5 Å². The van der Waals surface area contributed by atoms with Crippen LogP contribution in [0.3, 0.4) is 0 Å². The number of hydrogen-bond donors (Lipinski definition) is 1. The van der Waals surface area contributed by atoms with Crippen molar-refractivity contribution in [1.82, 2.24) is 0 Å². The molecule has 1 amide bonds. The zero-order valence-electron chi connectivity index (χ0n) is 15.9. The lowest BCUT2D eigenvalue weighted by molar-refractivity contribution is -0.148. The van der Waals surface area contributed by atoms with Gasteiger partial charge in [0.05, 0.1) is 19.4 Å². The number of ether oxygens (including phenoxy) is 3. The van der Waals surface area contributed by atoms with Crippen LogP contribution in [0.2, 0.25) is 0 Å². The van der Waals surface area contributed by atoms with Crippen LogP contribution in [0, 0.1) is 5.82 Å². The van der Waals surface area contributed by atoms with E-state index in [0.717, 1.165) is 6.08 Å². The van der Waals surface area contributed by atoms with Gasteiger partial charge >= 0.3 is 5.97 Å². The van der Waals surface area contributed by atoms with Crippen LogP contribution in [-0.2, 0) is 14.3 Å². The first-order valence-electron chi connectivity index (χ1n) is 8.69. The second-order valence-electron chi connectivity index (χ2n) is 5.72. The molecule has 0 aliphatic rings. The lowest BCUT2D eigenvalue weighted by Crippen LogP contribution is -2.29. The fraction of sp³-hybridized carbons (Fsp3) is 0.238. The first kappa shape index (κ1) is 21.0. The van der Waals surface area contributed by atoms with Crippen molar-refractivity contribution in [3.8, 4) is 11.5 Å². The molecule has 2 aromatic carbocycles. The Bertz CT molecular complexity index is 866. The lowest BCUT2D eigenvalue weighted by atomic mass is 10.2. The van der Waals surface area contributed by atoms with E-state index >= 15 is 0 Å². The SMILES string of the molecule is CCOc1ccccc1NC(=O)[C@H](C)OC(=O)/C=C/c1ccc(OC)c(F)c1. The third-order valence-corrected chi connectivity index (χ3v) is 3.69. The Balaban J connectivity index is 1.94. The van der Waals surface area contributed by atoms with Gasteiger partial charge in [-0.25, -0.2) is 9.18 Å². The van der Waals surface area contributed by atoms with Gasteiger partial charge in [-0.05, 0) is 49.8 Å². The van der Waals surface area contributed by atoms with Gasteiger partial charge in [0.1, 0.15) is 5.75 Å². The quantitative estimate of drug-likeness (QED) is 0.551. The first-order valence-corrected chi connectivity index (χ1v) is 8.69. The van der Waals surface area contributed by atoms with Crippen LogP contribution in [-0.4, -0.2) is 31.7 Å². The number of carbonyl (C=O) groups is 2. The average molecular weight is 387 g/mol. The maximum absolute atomic E-state index is 13.6. The summed E-state index contributed by atoms with van der Waals surface area (Å²) in [6.07, 6.45) is 1.48. The molecule has 0 saturated heterocycles. The van der Waals surface area contributed by atoms with E-state index in [0.29, 0.717) is 23.6 Å². The zero-order chi connectivity index (χ0) is 20.5. The largest absolute Gasteiger partial charge is 0.494 e. The number of para-hydroxylation sites is 2. The van der Waals surface area contributed by atoms with Crippen molar-refractivity contribution in [2.24, 2.45) is 0 Å². The molecule has 0 aromatic heterocycles. The summed E-state index contributed by atoms with van der Waals surface area (Å²) in [6, 6.07) is 11.2. The molecule has 6 nitrogen and oxygen atoms in total. The van der Waals surface area contributed by atoms with E-state index in [2.05, 4.69) is 5.32 Å². The van der Waals surface area contributed by atoms with Gasteiger partial charge in [0.15, 0.2) is 17.7 Å². The zero-order valence-corrected chi connectivity index (χ0v) is 15.9. The van der Waals surface area contributed by atoms with Crippen LogP contribution in [0.1, 0.15) is 19.4 Å². The number of anilines is 1. The standard InChI is InChI=1S/C21H22FNO5/c1-4-27-19-8-6-5-7-17(19)23-21(25)14(2)28-20(24)12-10-15-9-11-18(26-3)16(22)13-15/h5-14H,4H2,1-3H3,(H,23,25)/b12-10+/t14-/m0/s1. The van der Waals surface area contributed by atoms with Crippen molar-refractivity contribution in [2.75, 3.05) is 19.0 Å². The van der Waals surface area contributed by atoms with Crippen LogP contribution >= 0.6 is 0 Å². The molecule has 0 radical (unpaired) electrons. The Morgan fingerprint density at radius 3 is 2.61 bits per heavy atom. The summed E-state index contributed by atoms with van der Waals surface area (Å²) >= 11 is 0. The molecular weight excluding hydrogens is 365 g/mol. The van der Waals surface area contributed by atoms with E-state index in [1.807, 2.05) is 6.92 Å². The molecule has 1 N–H and O–H groups in total. The molecule has 2 rings (SSSR count). The van der Waals surface area contributed by atoms with E-state index in [1.165, 1.54) is 32.2 Å². The second-order valence-corrected chi connectivity index (χ2v) is 5.72. The Kier molecular flexibility index (Phi) is 7.56. The van der Waals surface area contributed by atoms with E-state index in [1.54, 1.807) is 30.3 Å². The summed E-state index contributed by atoms with van der Waals surface area (Å²) < 4.78 is 29.0. The van der Waals surface area contributed by atoms with Crippen LogP contribution in [0.4, 0.5) is 10.1 Å². The molecule has 0 bridgehead atoms. The number of hydrogen-bond acceptors (Lipinski definition) is 5. The molecule has 28 heavy (non-hydrogen) atoms. The number of esters is 1. The van der Waals surface area contributed by atoms with E-state index in [4.69, 9.17) is 14.2 Å². The van der Waals surface area contributed by atoms with Gasteiger partial charge in [-0.1, -0.05) is 18.2 Å². The van der Waals surface area contributed by atoms with Gasteiger partial charge in [-0.3, -0.25) is 4.79 Å². The number of nitrogens with one attached hydrogen (secondary N) is 1. The Labute approximate surface area is 162 Å². The predicted octanol–water partition coefficient (Wildman–Crippen LogP) is 3.82. The van der Waals surface area contributed by atoms with Gasteiger partial charge in [0, 0.05) is 6.08 Å². The summed E-state index contributed by atoms with van der Waals surface area (Å²) in [5.74, 6) is -1.13. The highest BCUT2D eigenvalue weighted by Crippen LogP contribution is 2.24. The van der Waals surface area contributed by atoms with Gasteiger partial charge in [-0.15, -0.1) is 0 Å². The first-order chi connectivity index (χ1) is 13.4. The fourth-order valence-corrected chi connectivity index (χ4v) is 2.30. The van der Waals surface area contributed by atoms with Crippen molar-refractivity contribution < 1.29 is 28.2 Å². The molecule has 0 aliphatic heterocycles. The Morgan fingerprint density at radius 2 is 1.93 bits per heavy atom. The maximum Gasteiger partial charge on any atom is 0.331 e. The molecule has 0 spiro atoms. The van der Waals surface area contributed by atoms with Crippen molar-refractivity contribution in [3.05, 3.63) is 59.9 Å². The highest BCUT2D eigenvalue weighted by atomic mass is 19.1. The van der Waals surface area contributed by atoms with E-state index < -0.39 is 23.8 Å². The number of benzene rings is 2. The monoisotopic (exact) mass is 387 g/mol. The Hall–Kier alpha value is -3.35. The summed E-state index contributed by atoms with van der Waals surface area (Å²) in [5, 5.41) is 2.67. The molecule has 7 heteroatoms. The van der Waals surface area contributed by atoms with Crippen molar-refractivity contribution in [1.29, 1.82) is 0 Å². The third kappa shape index (κ3) is 5.84. The molecule has 0 heterocycles. The van der Waals surface area contributed by atoms with Gasteiger partial charge < -0.3 is 19.5 Å². The average Bonchev–Trinajstić information content (AvgIpc) is 2.68. The Morgan fingerprint density at radius 1 is 1.18 bits per heavy atom. The number of methoxy groups -OCH3 is 1. The summed E-state index contributed by atoms with van der Waals surface area (Å²) in [5.41, 5.74) is 0.944. The third-order valence-electron chi connectivity index (χ3n) is 3.69. The number of amides is 1. The summed E-state index contributed by atoms with van der Waals surface area (Å²) in [4.78, 5) is 24.2. The highest BCUT2D eigenvalue weighted by Gasteiger charge is 2.18. The highest BCUT2D eigenvalue weighted by molar-refractivity contribution is 5.97.